The Morgan fingerprint density at radius 2 is 0.797 bits per heavy atom. The Kier molecular flexibility index (Phi) is 8.43. The van der Waals surface area contributed by atoms with E-state index in [-0.39, 0.29) is 5.41 Å². The number of anilines is 3. The molecule has 1 heterocycles. The number of nitrogens with zero attached hydrogens (tertiary/aromatic N) is 1. The first kappa shape index (κ1) is 35.2. The average molecular weight is 772 g/mol. The van der Waals surface area contributed by atoms with E-state index in [1.165, 1.54) is 86.9 Å². The summed E-state index contributed by atoms with van der Waals surface area (Å²) in [6.45, 7) is 4.71. The maximum atomic E-state index is 2.42. The lowest BCUT2D eigenvalue weighted by molar-refractivity contribution is 0.660. The lowest BCUT2D eigenvalue weighted by atomic mass is 9.82. The molecule has 1 aliphatic rings. The highest BCUT2D eigenvalue weighted by atomic mass is 32.1. The molecule has 0 saturated carbocycles. The summed E-state index contributed by atoms with van der Waals surface area (Å²) >= 11 is 1.87. The Balaban J connectivity index is 1.03. The summed E-state index contributed by atoms with van der Waals surface area (Å²) in [5.41, 5.74) is 18.4. The lowest BCUT2D eigenvalue weighted by Crippen LogP contribution is -2.16. The van der Waals surface area contributed by atoms with Crippen molar-refractivity contribution in [2.24, 2.45) is 0 Å². The number of fused-ring (bicyclic) bond motifs is 6. The summed E-state index contributed by atoms with van der Waals surface area (Å²) in [5, 5.41) is 2.62. The van der Waals surface area contributed by atoms with Crippen molar-refractivity contribution >= 4 is 48.6 Å². The van der Waals surface area contributed by atoms with Gasteiger partial charge in [-0.2, -0.15) is 0 Å². The molecule has 0 fully saturated rings. The zero-order valence-electron chi connectivity index (χ0n) is 33.1. The quantitative estimate of drug-likeness (QED) is 0.156. The minimum atomic E-state index is -0.102. The van der Waals surface area contributed by atoms with Crippen molar-refractivity contribution in [2.45, 2.75) is 19.3 Å². The van der Waals surface area contributed by atoms with Crippen molar-refractivity contribution in [3.63, 3.8) is 0 Å². The number of hydrogen-bond donors (Lipinski definition) is 0. The molecule has 0 N–H and O–H groups in total. The second kappa shape index (κ2) is 14.1. The third-order valence-electron chi connectivity index (χ3n) is 12.3. The molecule has 10 aromatic rings. The lowest BCUT2D eigenvalue weighted by Gasteiger charge is -2.28. The summed E-state index contributed by atoms with van der Waals surface area (Å²) in [7, 11) is 0. The van der Waals surface area contributed by atoms with Gasteiger partial charge in [0, 0.05) is 42.6 Å². The zero-order chi connectivity index (χ0) is 39.5. The van der Waals surface area contributed by atoms with Gasteiger partial charge in [0.1, 0.15) is 0 Å². The van der Waals surface area contributed by atoms with Crippen LogP contribution in [0.2, 0.25) is 0 Å². The van der Waals surface area contributed by atoms with Crippen molar-refractivity contribution in [3.8, 4) is 55.6 Å². The summed E-state index contributed by atoms with van der Waals surface area (Å²) in [6.07, 6.45) is 0. The molecular formula is C57H41NS. The molecule has 0 spiro atoms. The molecule has 59 heavy (non-hydrogen) atoms. The van der Waals surface area contributed by atoms with Gasteiger partial charge in [0.05, 0.1) is 0 Å². The van der Waals surface area contributed by atoms with E-state index in [1.807, 2.05) is 11.3 Å². The standard InChI is InChI=1S/C57H41NS/c1-57(2)53-19-11-9-17-47(53)48-34-33-46(35-54(48)57)58(44-29-25-41(26-30-44)39-15-7-4-8-16-39)45-31-27-43(28-32-45)51-37-56-52(49-18-10-12-20-55(49)59-56)36-50(51)42-23-21-40(22-24-42)38-13-5-3-6-14-38/h3-37H,1-2H3. The molecule has 0 unspecified atom stereocenters. The second-order valence-electron chi connectivity index (χ2n) is 16.1. The fraction of sp³-hybridized carbons (Fsp3) is 0.0526. The van der Waals surface area contributed by atoms with Crippen LogP contribution in [0.4, 0.5) is 17.1 Å². The Bertz CT molecular complexity index is 3140. The van der Waals surface area contributed by atoms with Crippen LogP contribution in [-0.2, 0) is 5.41 Å². The fourth-order valence-corrected chi connectivity index (χ4v) is 10.4. The SMILES string of the molecule is CC1(C)c2ccccc2-c2ccc(N(c3ccc(-c4ccccc4)cc3)c3ccc(-c4cc5sc6ccccc6c5cc4-c4ccc(-c5ccccc5)cc4)cc3)cc21. The van der Waals surface area contributed by atoms with E-state index >= 15 is 0 Å². The third kappa shape index (κ3) is 6.07. The summed E-state index contributed by atoms with van der Waals surface area (Å²) < 4.78 is 2.62. The van der Waals surface area contributed by atoms with E-state index in [0.29, 0.717) is 0 Å². The van der Waals surface area contributed by atoms with Gasteiger partial charge in [-0.15, -0.1) is 11.3 Å². The third-order valence-corrected chi connectivity index (χ3v) is 13.4. The molecular weight excluding hydrogens is 731 g/mol. The van der Waals surface area contributed by atoms with Gasteiger partial charge in [-0.25, -0.2) is 0 Å². The van der Waals surface area contributed by atoms with Crippen LogP contribution in [0.25, 0.3) is 75.8 Å². The normalized spacial score (nSPS) is 12.7. The molecule has 1 aromatic heterocycles. The average Bonchev–Trinajstić information content (AvgIpc) is 3.78. The van der Waals surface area contributed by atoms with Crippen molar-refractivity contribution < 1.29 is 0 Å². The number of hydrogen-bond acceptors (Lipinski definition) is 2. The smallest absolute Gasteiger partial charge is 0.0465 e. The van der Waals surface area contributed by atoms with Crippen LogP contribution in [0.5, 0.6) is 0 Å². The monoisotopic (exact) mass is 771 g/mol. The molecule has 1 nitrogen and oxygen atoms in total. The van der Waals surface area contributed by atoms with Crippen molar-refractivity contribution in [1.82, 2.24) is 0 Å². The molecule has 9 aromatic carbocycles. The van der Waals surface area contributed by atoms with E-state index in [4.69, 9.17) is 0 Å². The van der Waals surface area contributed by atoms with E-state index in [0.717, 1.165) is 17.1 Å². The van der Waals surface area contributed by atoms with Gasteiger partial charge in [0.25, 0.3) is 0 Å². The minimum Gasteiger partial charge on any atom is -0.310 e. The van der Waals surface area contributed by atoms with Crippen molar-refractivity contribution in [2.75, 3.05) is 4.90 Å². The van der Waals surface area contributed by atoms with Crippen molar-refractivity contribution in [1.29, 1.82) is 0 Å². The van der Waals surface area contributed by atoms with Crippen LogP contribution in [0, 0.1) is 0 Å². The first-order valence-corrected chi connectivity index (χ1v) is 21.2. The van der Waals surface area contributed by atoms with Gasteiger partial charge in [-0.1, -0.05) is 172 Å². The van der Waals surface area contributed by atoms with E-state index < -0.39 is 0 Å². The predicted octanol–water partition coefficient (Wildman–Crippen LogP) is 16.5. The van der Waals surface area contributed by atoms with Crippen LogP contribution in [0.15, 0.2) is 212 Å². The van der Waals surface area contributed by atoms with Crippen LogP contribution in [-0.4, -0.2) is 0 Å². The Hall–Kier alpha value is -7.00. The van der Waals surface area contributed by atoms with Crippen LogP contribution in [0.3, 0.4) is 0 Å². The maximum absolute atomic E-state index is 2.42. The molecule has 0 saturated heterocycles. The van der Waals surface area contributed by atoms with Gasteiger partial charge in [0.15, 0.2) is 0 Å². The van der Waals surface area contributed by atoms with Crippen LogP contribution < -0.4 is 4.90 Å². The number of rotatable bonds is 7. The van der Waals surface area contributed by atoms with Gasteiger partial charge in [-0.3, -0.25) is 0 Å². The molecule has 0 radical (unpaired) electrons. The molecule has 2 heteroatoms. The first-order valence-electron chi connectivity index (χ1n) is 20.4. The highest BCUT2D eigenvalue weighted by Gasteiger charge is 2.35. The highest BCUT2D eigenvalue weighted by Crippen LogP contribution is 2.51. The first-order chi connectivity index (χ1) is 29.0. The topological polar surface area (TPSA) is 3.24 Å². The summed E-state index contributed by atoms with van der Waals surface area (Å²) in [5.74, 6) is 0. The maximum Gasteiger partial charge on any atom is 0.0465 e. The predicted molar refractivity (Wildman–Crippen MR) is 253 cm³/mol. The summed E-state index contributed by atoms with van der Waals surface area (Å²) in [6, 6.07) is 78.1. The van der Waals surface area contributed by atoms with Crippen LogP contribution in [0.1, 0.15) is 25.0 Å². The van der Waals surface area contributed by atoms with Gasteiger partial charge >= 0.3 is 0 Å². The second-order valence-corrected chi connectivity index (χ2v) is 17.2. The fourth-order valence-electron chi connectivity index (χ4n) is 9.22. The van der Waals surface area contributed by atoms with Gasteiger partial charge in [-0.05, 0) is 121 Å². The number of thiophene rings is 1. The van der Waals surface area contributed by atoms with Gasteiger partial charge < -0.3 is 4.90 Å². The van der Waals surface area contributed by atoms with E-state index in [2.05, 4.69) is 231 Å². The van der Waals surface area contributed by atoms with Crippen molar-refractivity contribution in [3.05, 3.63) is 223 Å². The highest BCUT2D eigenvalue weighted by molar-refractivity contribution is 7.25. The number of benzene rings is 9. The molecule has 0 bridgehead atoms. The Morgan fingerprint density at radius 3 is 1.46 bits per heavy atom. The summed E-state index contributed by atoms with van der Waals surface area (Å²) in [4.78, 5) is 2.41. The molecule has 0 aliphatic heterocycles. The van der Waals surface area contributed by atoms with Crippen LogP contribution >= 0.6 is 11.3 Å². The molecule has 0 amide bonds. The molecule has 1 aliphatic carbocycles. The van der Waals surface area contributed by atoms with E-state index in [9.17, 15) is 0 Å². The van der Waals surface area contributed by atoms with E-state index in [1.54, 1.807) is 0 Å². The molecule has 280 valence electrons. The Morgan fingerprint density at radius 1 is 0.322 bits per heavy atom. The largest absolute Gasteiger partial charge is 0.310 e. The molecule has 0 atom stereocenters. The zero-order valence-corrected chi connectivity index (χ0v) is 33.9. The van der Waals surface area contributed by atoms with Gasteiger partial charge in [0.2, 0.25) is 0 Å². The minimum absolute atomic E-state index is 0.102. The molecule has 11 rings (SSSR count). The Labute approximate surface area is 350 Å².